The molecule has 0 aliphatic carbocycles. The highest BCUT2D eigenvalue weighted by molar-refractivity contribution is 5.82. The first-order chi connectivity index (χ1) is 9.25. The standard InChI is InChI=1S/C13H20N6/c1-9(2)14-6-10-4-3-5-19(10)13-11-12(16-7-15-11)17-8-18-13/h7-10,14H,3-6H2,1-2H3,(H,15,16,17,18). The molecule has 6 nitrogen and oxygen atoms in total. The topological polar surface area (TPSA) is 69.7 Å². The Labute approximate surface area is 112 Å². The monoisotopic (exact) mass is 260 g/mol. The summed E-state index contributed by atoms with van der Waals surface area (Å²) < 4.78 is 0. The predicted octanol–water partition coefficient (Wildman–Crippen LogP) is 1.32. The van der Waals surface area contributed by atoms with Crippen LogP contribution in [0.2, 0.25) is 0 Å². The Kier molecular flexibility index (Phi) is 3.33. The Morgan fingerprint density at radius 2 is 2.32 bits per heavy atom. The minimum atomic E-state index is 0.504. The van der Waals surface area contributed by atoms with Crippen LogP contribution in [0.5, 0.6) is 0 Å². The Morgan fingerprint density at radius 1 is 1.42 bits per heavy atom. The van der Waals surface area contributed by atoms with Gasteiger partial charge in [-0.2, -0.15) is 0 Å². The lowest BCUT2D eigenvalue weighted by atomic mass is 10.2. The summed E-state index contributed by atoms with van der Waals surface area (Å²) in [6.45, 7) is 6.40. The quantitative estimate of drug-likeness (QED) is 0.867. The smallest absolute Gasteiger partial charge is 0.182 e. The molecule has 3 heterocycles. The van der Waals surface area contributed by atoms with Crippen molar-refractivity contribution >= 4 is 17.0 Å². The summed E-state index contributed by atoms with van der Waals surface area (Å²) in [7, 11) is 0. The molecule has 1 aliphatic heterocycles. The first-order valence-corrected chi connectivity index (χ1v) is 6.90. The van der Waals surface area contributed by atoms with Crippen molar-refractivity contribution in [3.05, 3.63) is 12.7 Å². The van der Waals surface area contributed by atoms with E-state index >= 15 is 0 Å². The third kappa shape index (κ3) is 2.40. The number of hydrogen-bond donors (Lipinski definition) is 2. The van der Waals surface area contributed by atoms with Crippen LogP contribution in [0.4, 0.5) is 5.82 Å². The van der Waals surface area contributed by atoms with Crippen LogP contribution in [-0.2, 0) is 0 Å². The van der Waals surface area contributed by atoms with Crippen molar-refractivity contribution in [2.75, 3.05) is 18.0 Å². The maximum absolute atomic E-state index is 4.45. The fourth-order valence-electron chi connectivity index (χ4n) is 2.67. The highest BCUT2D eigenvalue weighted by Gasteiger charge is 2.27. The molecule has 1 aliphatic rings. The molecule has 0 aromatic carbocycles. The number of nitrogens with one attached hydrogen (secondary N) is 2. The zero-order valence-electron chi connectivity index (χ0n) is 11.4. The molecule has 2 aromatic heterocycles. The number of hydrogen-bond acceptors (Lipinski definition) is 5. The second kappa shape index (κ2) is 5.13. The van der Waals surface area contributed by atoms with E-state index in [1.807, 2.05) is 0 Å². The lowest BCUT2D eigenvalue weighted by Crippen LogP contribution is -2.40. The van der Waals surface area contributed by atoms with Gasteiger partial charge in [0.15, 0.2) is 11.5 Å². The molecule has 0 bridgehead atoms. The van der Waals surface area contributed by atoms with E-state index < -0.39 is 0 Å². The highest BCUT2D eigenvalue weighted by atomic mass is 15.3. The molecule has 0 amide bonds. The van der Waals surface area contributed by atoms with Crippen molar-refractivity contribution in [2.45, 2.75) is 38.8 Å². The van der Waals surface area contributed by atoms with E-state index in [0.717, 1.165) is 30.1 Å². The van der Waals surface area contributed by atoms with Crippen molar-refractivity contribution in [3.8, 4) is 0 Å². The summed E-state index contributed by atoms with van der Waals surface area (Å²) >= 11 is 0. The minimum absolute atomic E-state index is 0.504. The van der Waals surface area contributed by atoms with Gasteiger partial charge in [0, 0.05) is 25.2 Å². The Morgan fingerprint density at radius 3 is 3.16 bits per heavy atom. The molecule has 102 valence electrons. The van der Waals surface area contributed by atoms with E-state index in [9.17, 15) is 0 Å². The van der Waals surface area contributed by atoms with Gasteiger partial charge >= 0.3 is 0 Å². The highest BCUT2D eigenvalue weighted by Crippen LogP contribution is 2.27. The molecule has 2 aromatic rings. The number of aromatic amines is 1. The van der Waals surface area contributed by atoms with Crippen molar-refractivity contribution in [1.82, 2.24) is 25.3 Å². The van der Waals surface area contributed by atoms with Crippen molar-refractivity contribution in [2.24, 2.45) is 0 Å². The SMILES string of the molecule is CC(C)NCC1CCCN1c1ncnc2nc[nH]c12. The molecule has 0 radical (unpaired) electrons. The fraction of sp³-hybridized carbons (Fsp3) is 0.615. The minimum Gasteiger partial charge on any atom is -0.350 e. The third-order valence-corrected chi connectivity index (χ3v) is 3.61. The fourth-order valence-corrected chi connectivity index (χ4v) is 2.67. The molecule has 6 heteroatoms. The zero-order chi connectivity index (χ0) is 13.2. The number of fused-ring (bicyclic) bond motifs is 1. The average Bonchev–Trinajstić information content (AvgIpc) is 3.04. The third-order valence-electron chi connectivity index (χ3n) is 3.61. The zero-order valence-corrected chi connectivity index (χ0v) is 11.4. The molecule has 2 N–H and O–H groups in total. The van der Waals surface area contributed by atoms with E-state index in [1.54, 1.807) is 12.7 Å². The van der Waals surface area contributed by atoms with Crippen molar-refractivity contribution in [1.29, 1.82) is 0 Å². The molecule has 1 saturated heterocycles. The molecule has 1 atom stereocenters. The number of anilines is 1. The van der Waals surface area contributed by atoms with E-state index in [-0.39, 0.29) is 0 Å². The van der Waals surface area contributed by atoms with Gasteiger partial charge in [-0.3, -0.25) is 0 Å². The lowest BCUT2D eigenvalue weighted by Gasteiger charge is -2.26. The van der Waals surface area contributed by atoms with Crippen LogP contribution >= 0.6 is 0 Å². The summed E-state index contributed by atoms with van der Waals surface area (Å²) in [5.74, 6) is 0.982. The molecular formula is C13H20N6. The summed E-state index contributed by atoms with van der Waals surface area (Å²) in [5, 5.41) is 3.52. The number of imidazole rings is 1. The Hall–Kier alpha value is -1.69. The maximum Gasteiger partial charge on any atom is 0.182 e. The molecule has 1 fully saturated rings. The number of aromatic nitrogens is 4. The summed E-state index contributed by atoms with van der Waals surface area (Å²) in [5.41, 5.74) is 1.69. The normalized spacial score (nSPS) is 19.7. The van der Waals surface area contributed by atoms with Gasteiger partial charge in [0.05, 0.1) is 6.33 Å². The van der Waals surface area contributed by atoms with Gasteiger partial charge in [-0.1, -0.05) is 13.8 Å². The molecular weight excluding hydrogens is 240 g/mol. The first kappa shape index (κ1) is 12.3. The number of H-pyrrole nitrogens is 1. The van der Waals surface area contributed by atoms with E-state index in [0.29, 0.717) is 12.1 Å². The van der Waals surface area contributed by atoms with Crippen molar-refractivity contribution < 1.29 is 0 Å². The molecule has 0 spiro atoms. The average molecular weight is 260 g/mol. The Balaban J connectivity index is 1.85. The van der Waals surface area contributed by atoms with Crippen LogP contribution < -0.4 is 10.2 Å². The van der Waals surface area contributed by atoms with Crippen LogP contribution in [0.25, 0.3) is 11.2 Å². The van der Waals surface area contributed by atoms with E-state index in [2.05, 4.69) is 44.0 Å². The van der Waals surface area contributed by atoms with E-state index in [4.69, 9.17) is 0 Å². The number of nitrogens with zero attached hydrogens (tertiary/aromatic N) is 4. The maximum atomic E-state index is 4.45. The van der Waals surface area contributed by atoms with Crippen LogP contribution in [0.1, 0.15) is 26.7 Å². The Bertz CT molecular complexity index is 549. The molecule has 1 unspecified atom stereocenters. The summed E-state index contributed by atoms with van der Waals surface area (Å²) in [6, 6.07) is 1.02. The van der Waals surface area contributed by atoms with Crippen molar-refractivity contribution in [3.63, 3.8) is 0 Å². The van der Waals surface area contributed by atoms with Gasteiger partial charge in [-0.15, -0.1) is 0 Å². The molecule has 3 rings (SSSR count). The van der Waals surface area contributed by atoms with Gasteiger partial charge in [0.2, 0.25) is 0 Å². The largest absolute Gasteiger partial charge is 0.350 e. The van der Waals surface area contributed by atoms with Crippen LogP contribution in [0.15, 0.2) is 12.7 Å². The predicted molar refractivity (Wildman–Crippen MR) is 75.2 cm³/mol. The summed E-state index contributed by atoms with van der Waals surface area (Å²) in [6.07, 6.45) is 5.70. The first-order valence-electron chi connectivity index (χ1n) is 6.90. The second-order valence-corrected chi connectivity index (χ2v) is 5.35. The van der Waals surface area contributed by atoms with Crippen LogP contribution in [0.3, 0.4) is 0 Å². The molecule has 0 saturated carbocycles. The van der Waals surface area contributed by atoms with Crippen LogP contribution in [-0.4, -0.2) is 45.1 Å². The van der Waals surface area contributed by atoms with Gasteiger partial charge < -0.3 is 15.2 Å². The van der Waals surface area contributed by atoms with Gasteiger partial charge in [0.25, 0.3) is 0 Å². The molecule has 19 heavy (non-hydrogen) atoms. The van der Waals surface area contributed by atoms with Crippen LogP contribution in [0, 0.1) is 0 Å². The van der Waals surface area contributed by atoms with Gasteiger partial charge in [-0.25, -0.2) is 15.0 Å². The summed E-state index contributed by atoms with van der Waals surface area (Å²) in [4.78, 5) is 18.4. The second-order valence-electron chi connectivity index (χ2n) is 5.35. The van der Waals surface area contributed by atoms with Gasteiger partial charge in [-0.05, 0) is 12.8 Å². The number of rotatable bonds is 4. The van der Waals surface area contributed by atoms with Gasteiger partial charge in [0.1, 0.15) is 11.8 Å². The lowest BCUT2D eigenvalue weighted by molar-refractivity contribution is 0.523. The van der Waals surface area contributed by atoms with E-state index in [1.165, 1.54) is 12.8 Å².